The second kappa shape index (κ2) is 2.72. The molecule has 1 rings (SSSR count). The molecule has 5 heteroatoms. The summed E-state index contributed by atoms with van der Waals surface area (Å²) in [5.41, 5.74) is -0.735. The van der Waals surface area contributed by atoms with Crippen LogP contribution in [0.3, 0.4) is 0 Å². The van der Waals surface area contributed by atoms with Gasteiger partial charge < -0.3 is 0 Å². The fourth-order valence-electron chi connectivity index (χ4n) is 0.606. The summed E-state index contributed by atoms with van der Waals surface area (Å²) in [6.45, 7) is 0. The van der Waals surface area contributed by atoms with E-state index in [1.165, 1.54) is 0 Å². The first-order valence-corrected chi connectivity index (χ1v) is 3.11. The fraction of sp³-hybridized carbons (Fsp3) is 0.333. The van der Waals surface area contributed by atoms with Crippen molar-refractivity contribution in [1.29, 1.82) is 0 Å². The van der Waals surface area contributed by atoms with Gasteiger partial charge in [0.05, 0.1) is 10.6 Å². The van der Waals surface area contributed by atoms with Crippen molar-refractivity contribution in [1.82, 2.24) is 0 Å². The molecule has 0 amide bonds. The van der Waals surface area contributed by atoms with Crippen molar-refractivity contribution in [3.63, 3.8) is 0 Å². The van der Waals surface area contributed by atoms with E-state index in [0.29, 0.717) is 0 Å². The number of halogens is 4. The van der Waals surface area contributed by atoms with Crippen molar-refractivity contribution in [3.8, 4) is 0 Å². The molecule has 1 nitrogen and oxygen atoms in total. The Morgan fingerprint density at radius 3 is 2.55 bits per heavy atom. The summed E-state index contributed by atoms with van der Waals surface area (Å²) in [4.78, 5) is 3.20. The van der Waals surface area contributed by atoms with Gasteiger partial charge in [-0.25, -0.2) is 4.99 Å². The highest BCUT2D eigenvalue weighted by atomic mass is 35.5. The van der Waals surface area contributed by atoms with Crippen molar-refractivity contribution < 1.29 is 13.2 Å². The third-order valence-corrected chi connectivity index (χ3v) is 1.33. The summed E-state index contributed by atoms with van der Waals surface area (Å²) in [6.07, 6.45) is -3.92. The SMILES string of the molecule is FC(F)(F)C1=CN=C=C(Cl)C1. The Morgan fingerprint density at radius 2 is 2.18 bits per heavy atom. The first-order valence-electron chi connectivity index (χ1n) is 2.73. The number of hydrogen-bond acceptors (Lipinski definition) is 1. The second-order valence-corrected chi connectivity index (χ2v) is 2.43. The number of hydrogen-bond donors (Lipinski definition) is 0. The molecular formula is C6H3ClF3N. The smallest absolute Gasteiger partial charge is 0.213 e. The molecule has 0 fully saturated rings. The summed E-state index contributed by atoms with van der Waals surface area (Å²) >= 11 is 5.29. The average molecular weight is 182 g/mol. The standard InChI is InChI=1S/C6H3ClF3N/c7-5-1-4(2-11-3-5)6(8,9)10/h2H,1H2. The minimum Gasteiger partial charge on any atom is -0.213 e. The molecule has 0 aromatic heterocycles. The van der Waals surface area contributed by atoms with Crippen LogP contribution in [0.1, 0.15) is 6.42 Å². The Balaban J connectivity index is 2.83. The largest absolute Gasteiger partial charge is 0.414 e. The number of nitrogens with zero attached hydrogens (tertiary/aromatic N) is 1. The quantitative estimate of drug-likeness (QED) is 0.545. The Labute approximate surface area is 65.9 Å². The van der Waals surface area contributed by atoms with E-state index in [-0.39, 0.29) is 11.5 Å². The maximum Gasteiger partial charge on any atom is 0.414 e. The van der Waals surface area contributed by atoms with Crippen LogP contribution in [0.25, 0.3) is 0 Å². The predicted octanol–water partition coefficient (Wildman–Crippen LogP) is 2.63. The highest BCUT2D eigenvalue weighted by molar-refractivity contribution is 6.33. The monoisotopic (exact) mass is 181 g/mol. The van der Waals surface area contributed by atoms with Crippen molar-refractivity contribution in [2.75, 3.05) is 0 Å². The van der Waals surface area contributed by atoms with Crippen molar-refractivity contribution in [3.05, 3.63) is 16.8 Å². The second-order valence-electron chi connectivity index (χ2n) is 1.97. The molecule has 0 aromatic carbocycles. The lowest BCUT2D eigenvalue weighted by Gasteiger charge is -2.10. The molecule has 0 radical (unpaired) electrons. The van der Waals surface area contributed by atoms with Crippen LogP contribution >= 0.6 is 11.6 Å². The molecule has 0 aromatic rings. The highest BCUT2D eigenvalue weighted by Crippen LogP contribution is 2.31. The van der Waals surface area contributed by atoms with Gasteiger partial charge in [0.25, 0.3) is 0 Å². The molecule has 1 aliphatic heterocycles. The minimum absolute atomic E-state index is 0.0141. The predicted molar refractivity (Wildman–Crippen MR) is 35.6 cm³/mol. The van der Waals surface area contributed by atoms with Gasteiger partial charge in [-0.2, -0.15) is 13.2 Å². The highest BCUT2D eigenvalue weighted by Gasteiger charge is 2.34. The molecule has 0 atom stereocenters. The molecule has 0 saturated heterocycles. The van der Waals surface area contributed by atoms with E-state index < -0.39 is 11.7 Å². The maximum absolute atomic E-state index is 11.9. The third kappa shape index (κ3) is 2.10. The Hall–Kier alpha value is -0.730. The van der Waals surface area contributed by atoms with Crippen molar-refractivity contribution in [2.45, 2.75) is 12.6 Å². The van der Waals surface area contributed by atoms with Crippen LogP contribution in [0.15, 0.2) is 21.8 Å². The van der Waals surface area contributed by atoms with Gasteiger partial charge >= 0.3 is 6.18 Å². The number of rotatable bonds is 0. The Kier molecular flexibility index (Phi) is 2.07. The van der Waals surface area contributed by atoms with Crippen LogP contribution in [-0.4, -0.2) is 12.0 Å². The Bertz CT molecular complexity index is 257. The van der Waals surface area contributed by atoms with E-state index in [2.05, 4.69) is 10.9 Å². The molecular weight excluding hydrogens is 179 g/mol. The van der Waals surface area contributed by atoms with E-state index in [4.69, 9.17) is 11.6 Å². The van der Waals surface area contributed by atoms with Crippen LogP contribution in [0.4, 0.5) is 13.2 Å². The van der Waals surface area contributed by atoms with E-state index in [1.807, 2.05) is 0 Å². The zero-order valence-electron chi connectivity index (χ0n) is 5.24. The molecule has 0 spiro atoms. The van der Waals surface area contributed by atoms with Crippen LogP contribution in [-0.2, 0) is 0 Å². The lowest BCUT2D eigenvalue weighted by molar-refractivity contribution is -0.0932. The van der Waals surface area contributed by atoms with Crippen LogP contribution < -0.4 is 0 Å². The van der Waals surface area contributed by atoms with Gasteiger partial charge in [0.15, 0.2) is 0 Å². The summed E-state index contributed by atoms with van der Waals surface area (Å²) in [7, 11) is 0. The number of alkyl halides is 3. The molecule has 0 saturated carbocycles. The topological polar surface area (TPSA) is 12.4 Å². The lowest BCUT2D eigenvalue weighted by atomic mass is 10.2. The number of aliphatic imine (C=N–C) groups is 1. The zero-order chi connectivity index (χ0) is 8.48. The van der Waals surface area contributed by atoms with Gasteiger partial charge in [-0.15, -0.1) is 0 Å². The molecule has 0 bridgehead atoms. The molecule has 0 N–H and O–H groups in total. The van der Waals surface area contributed by atoms with Crippen molar-refractivity contribution in [2.24, 2.45) is 4.99 Å². The van der Waals surface area contributed by atoms with Crippen LogP contribution in [0.2, 0.25) is 0 Å². The van der Waals surface area contributed by atoms with E-state index in [0.717, 1.165) is 6.20 Å². The van der Waals surface area contributed by atoms with Crippen molar-refractivity contribution >= 4 is 17.5 Å². The average Bonchev–Trinajstić information content (AvgIpc) is 1.86. The molecule has 0 unspecified atom stereocenters. The first-order chi connectivity index (χ1) is 5.00. The van der Waals surface area contributed by atoms with Crippen LogP contribution in [0, 0.1) is 0 Å². The molecule has 60 valence electrons. The summed E-state index contributed by atoms with van der Waals surface area (Å²) in [5, 5.41) is -0.0141. The molecule has 0 aliphatic carbocycles. The summed E-state index contributed by atoms with van der Waals surface area (Å²) in [5.74, 6) is 2.21. The maximum atomic E-state index is 11.9. The summed E-state index contributed by atoms with van der Waals surface area (Å²) in [6, 6.07) is 0. The van der Waals surface area contributed by atoms with Gasteiger partial charge in [0.2, 0.25) is 0 Å². The van der Waals surface area contributed by atoms with E-state index in [1.54, 1.807) is 0 Å². The van der Waals surface area contributed by atoms with Gasteiger partial charge in [-0.1, -0.05) is 11.6 Å². The zero-order valence-corrected chi connectivity index (χ0v) is 6.00. The van der Waals surface area contributed by atoms with Gasteiger partial charge in [-0.3, -0.25) is 0 Å². The fourth-order valence-corrected chi connectivity index (χ4v) is 0.799. The van der Waals surface area contributed by atoms with E-state index >= 15 is 0 Å². The third-order valence-electron chi connectivity index (χ3n) is 1.12. The normalized spacial score (nSPS) is 17.8. The van der Waals surface area contributed by atoms with Gasteiger partial charge in [0, 0.05) is 18.5 Å². The molecule has 1 heterocycles. The lowest BCUT2D eigenvalue weighted by Crippen LogP contribution is -2.12. The van der Waals surface area contributed by atoms with Gasteiger partial charge in [-0.05, 0) is 0 Å². The van der Waals surface area contributed by atoms with Crippen LogP contribution in [0.5, 0.6) is 0 Å². The Morgan fingerprint density at radius 1 is 1.55 bits per heavy atom. The summed E-state index contributed by atoms with van der Waals surface area (Å²) < 4.78 is 35.7. The molecule has 1 aliphatic rings. The first kappa shape index (κ1) is 8.37. The minimum atomic E-state index is -4.33. The van der Waals surface area contributed by atoms with E-state index in [9.17, 15) is 13.2 Å². The number of allylic oxidation sites excluding steroid dienone is 2. The molecule has 11 heavy (non-hydrogen) atoms. The van der Waals surface area contributed by atoms with Gasteiger partial charge in [0.1, 0.15) is 0 Å².